The molecule has 0 aliphatic rings. The molecule has 0 atom stereocenters. The summed E-state index contributed by atoms with van der Waals surface area (Å²) in [6.07, 6.45) is 0.947. The zero-order valence-corrected chi connectivity index (χ0v) is 12.5. The van der Waals surface area contributed by atoms with Gasteiger partial charge in [-0.2, -0.15) is 0 Å². The lowest BCUT2D eigenvalue weighted by atomic mass is 10.0. The van der Waals surface area contributed by atoms with Crippen LogP contribution in [0.5, 0.6) is 11.5 Å². The highest BCUT2D eigenvalue weighted by atomic mass is 16.5. The van der Waals surface area contributed by atoms with Crippen LogP contribution in [0.4, 0.5) is 5.69 Å². The number of hydrogen-bond acceptors (Lipinski definition) is 3. The molecule has 3 rings (SSSR count). The van der Waals surface area contributed by atoms with Crippen molar-refractivity contribution < 1.29 is 9.84 Å². The number of aromatic hydroxyl groups is 1. The lowest BCUT2D eigenvalue weighted by molar-refractivity contribution is 0.415. The molecule has 0 heterocycles. The molecule has 0 saturated heterocycles. The third kappa shape index (κ3) is 3.31. The van der Waals surface area contributed by atoms with Crippen LogP contribution in [-0.4, -0.2) is 18.8 Å². The number of fused-ring (bicyclic) bond motifs is 1. The molecule has 112 valence electrons. The second-order valence-electron chi connectivity index (χ2n) is 5.27. The van der Waals surface area contributed by atoms with Gasteiger partial charge in [-0.3, -0.25) is 0 Å². The van der Waals surface area contributed by atoms with Crippen LogP contribution in [0.3, 0.4) is 0 Å². The first-order valence-corrected chi connectivity index (χ1v) is 7.34. The van der Waals surface area contributed by atoms with Gasteiger partial charge in [-0.25, -0.2) is 0 Å². The van der Waals surface area contributed by atoms with Crippen molar-refractivity contribution in [1.82, 2.24) is 0 Å². The minimum Gasteiger partial charge on any atom is -0.508 e. The summed E-state index contributed by atoms with van der Waals surface area (Å²) < 4.78 is 5.25. The lowest BCUT2D eigenvalue weighted by Crippen LogP contribution is -2.04. The van der Waals surface area contributed by atoms with E-state index in [4.69, 9.17) is 4.74 Å². The van der Waals surface area contributed by atoms with Crippen molar-refractivity contribution in [2.24, 2.45) is 0 Å². The third-order valence-corrected chi connectivity index (χ3v) is 3.72. The highest BCUT2D eigenvalue weighted by Crippen LogP contribution is 2.22. The molecule has 0 amide bonds. The highest BCUT2D eigenvalue weighted by molar-refractivity contribution is 5.84. The first kappa shape index (κ1) is 14.3. The number of phenolic OH excluding ortho intramolecular Hbond substituents is 1. The molecule has 0 aliphatic heterocycles. The topological polar surface area (TPSA) is 41.5 Å². The van der Waals surface area contributed by atoms with Crippen molar-refractivity contribution in [2.75, 3.05) is 19.0 Å². The number of hydrogen-bond donors (Lipinski definition) is 2. The summed E-state index contributed by atoms with van der Waals surface area (Å²) in [6.45, 7) is 0.854. The van der Waals surface area contributed by atoms with Gasteiger partial charge in [0.05, 0.1) is 7.11 Å². The smallest absolute Gasteiger partial charge is 0.119 e. The predicted octanol–water partition coefficient (Wildman–Crippen LogP) is 4.21. The number of nitrogens with one attached hydrogen (secondary N) is 1. The predicted molar refractivity (Wildman–Crippen MR) is 90.8 cm³/mol. The summed E-state index contributed by atoms with van der Waals surface area (Å²) in [5, 5.41) is 15.0. The van der Waals surface area contributed by atoms with Crippen LogP contribution in [0.1, 0.15) is 5.56 Å². The Morgan fingerprint density at radius 2 is 1.64 bits per heavy atom. The number of anilines is 1. The first-order chi connectivity index (χ1) is 10.7. The van der Waals surface area contributed by atoms with Gasteiger partial charge in [-0.15, -0.1) is 0 Å². The Morgan fingerprint density at radius 3 is 2.41 bits per heavy atom. The summed E-state index contributed by atoms with van der Waals surface area (Å²) in [6, 6.07) is 19.8. The Hall–Kier alpha value is -2.68. The first-order valence-electron chi connectivity index (χ1n) is 7.34. The van der Waals surface area contributed by atoms with Gasteiger partial charge in [0.1, 0.15) is 11.5 Å². The molecule has 0 radical (unpaired) electrons. The quantitative estimate of drug-likeness (QED) is 0.692. The van der Waals surface area contributed by atoms with E-state index in [-0.39, 0.29) is 5.75 Å². The molecular weight excluding hydrogens is 274 g/mol. The minimum atomic E-state index is 0.288. The fourth-order valence-corrected chi connectivity index (χ4v) is 2.49. The van der Waals surface area contributed by atoms with Gasteiger partial charge in [0.2, 0.25) is 0 Å². The molecular formula is C19H19NO2. The molecule has 0 spiro atoms. The van der Waals surface area contributed by atoms with Crippen LogP contribution < -0.4 is 10.1 Å². The third-order valence-electron chi connectivity index (χ3n) is 3.72. The normalized spacial score (nSPS) is 10.6. The average molecular weight is 293 g/mol. The molecule has 0 fully saturated rings. The Kier molecular flexibility index (Phi) is 4.15. The molecule has 3 nitrogen and oxygen atoms in total. The zero-order chi connectivity index (χ0) is 15.4. The van der Waals surface area contributed by atoms with Crippen LogP contribution in [0.25, 0.3) is 10.8 Å². The molecule has 3 heteroatoms. The number of methoxy groups -OCH3 is 1. The van der Waals surface area contributed by atoms with Crippen molar-refractivity contribution in [3.63, 3.8) is 0 Å². The highest BCUT2D eigenvalue weighted by Gasteiger charge is 1.99. The van der Waals surface area contributed by atoms with Crippen LogP contribution in [-0.2, 0) is 6.42 Å². The van der Waals surface area contributed by atoms with Gasteiger partial charge in [-0.05, 0) is 59.2 Å². The zero-order valence-electron chi connectivity index (χ0n) is 12.5. The van der Waals surface area contributed by atoms with E-state index in [1.807, 2.05) is 24.3 Å². The molecule has 0 bridgehead atoms. The van der Waals surface area contributed by atoms with E-state index in [0.717, 1.165) is 24.4 Å². The molecule has 0 saturated carbocycles. The summed E-state index contributed by atoms with van der Waals surface area (Å²) >= 11 is 0. The van der Waals surface area contributed by atoms with Crippen molar-refractivity contribution in [2.45, 2.75) is 6.42 Å². The van der Waals surface area contributed by atoms with E-state index in [1.54, 1.807) is 19.2 Å². The molecule has 3 aromatic rings. The monoisotopic (exact) mass is 293 g/mol. The standard InChI is InChI=1S/C19H19NO2/c1-22-19-9-4-15-12-14(2-3-16(15)13-19)10-11-20-17-5-7-18(21)8-6-17/h2-9,12-13,20-21H,10-11H2,1H3. The van der Waals surface area contributed by atoms with E-state index >= 15 is 0 Å². The van der Waals surface area contributed by atoms with E-state index in [9.17, 15) is 5.11 Å². The summed E-state index contributed by atoms with van der Waals surface area (Å²) in [5.41, 5.74) is 2.31. The fourth-order valence-electron chi connectivity index (χ4n) is 2.49. The summed E-state index contributed by atoms with van der Waals surface area (Å²) in [4.78, 5) is 0. The van der Waals surface area contributed by atoms with Crippen LogP contribution in [0, 0.1) is 0 Å². The van der Waals surface area contributed by atoms with Crippen molar-refractivity contribution >= 4 is 16.5 Å². The fraction of sp³-hybridized carbons (Fsp3) is 0.158. The van der Waals surface area contributed by atoms with E-state index in [0.29, 0.717) is 0 Å². The van der Waals surface area contributed by atoms with Crippen LogP contribution in [0.15, 0.2) is 60.7 Å². The van der Waals surface area contributed by atoms with Gasteiger partial charge in [0.15, 0.2) is 0 Å². The number of benzene rings is 3. The second-order valence-corrected chi connectivity index (χ2v) is 5.27. The van der Waals surface area contributed by atoms with Crippen LogP contribution >= 0.6 is 0 Å². The maximum atomic E-state index is 9.26. The minimum absolute atomic E-state index is 0.288. The maximum absolute atomic E-state index is 9.26. The lowest BCUT2D eigenvalue weighted by Gasteiger charge is -2.08. The molecule has 2 N–H and O–H groups in total. The Balaban J connectivity index is 1.65. The number of phenols is 1. The number of ether oxygens (including phenoxy) is 1. The van der Waals surface area contributed by atoms with E-state index < -0.39 is 0 Å². The molecule has 0 aliphatic carbocycles. The largest absolute Gasteiger partial charge is 0.508 e. The van der Waals surface area contributed by atoms with Gasteiger partial charge in [0.25, 0.3) is 0 Å². The maximum Gasteiger partial charge on any atom is 0.119 e. The van der Waals surface area contributed by atoms with Crippen molar-refractivity contribution in [3.05, 3.63) is 66.2 Å². The average Bonchev–Trinajstić information content (AvgIpc) is 2.56. The molecule has 0 unspecified atom stereocenters. The van der Waals surface area contributed by atoms with Gasteiger partial charge >= 0.3 is 0 Å². The molecule has 3 aromatic carbocycles. The van der Waals surface area contributed by atoms with Crippen LogP contribution in [0.2, 0.25) is 0 Å². The Morgan fingerprint density at radius 1 is 0.909 bits per heavy atom. The second kappa shape index (κ2) is 6.39. The van der Waals surface area contributed by atoms with Crippen molar-refractivity contribution in [3.8, 4) is 11.5 Å². The van der Waals surface area contributed by atoms with E-state index in [2.05, 4.69) is 29.6 Å². The van der Waals surface area contributed by atoms with Gasteiger partial charge in [-0.1, -0.05) is 24.3 Å². The Labute approximate surface area is 130 Å². The summed E-state index contributed by atoms with van der Waals surface area (Å²) in [5.74, 6) is 1.17. The molecule has 22 heavy (non-hydrogen) atoms. The summed E-state index contributed by atoms with van der Waals surface area (Å²) in [7, 11) is 1.69. The Bertz CT molecular complexity index is 766. The van der Waals surface area contributed by atoms with E-state index in [1.165, 1.54) is 16.3 Å². The SMILES string of the molecule is COc1ccc2cc(CCNc3ccc(O)cc3)ccc2c1. The number of rotatable bonds is 5. The molecule has 0 aromatic heterocycles. The van der Waals surface area contributed by atoms with Crippen molar-refractivity contribution in [1.29, 1.82) is 0 Å². The van der Waals surface area contributed by atoms with Gasteiger partial charge in [0, 0.05) is 12.2 Å². The van der Waals surface area contributed by atoms with Gasteiger partial charge < -0.3 is 15.2 Å².